The van der Waals surface area contributed by atoms with Gasteiger partial charge < -0.3 is 19.7 Å². The van der Waals surface area contributed by atoms with Crippen LogP contribution in [0.3, 0.4) is 0 Å². The van der Waals surface area contributed by atoms with Gasteiger partial charge in [-0.25, -0.2) is 0 Å². The summed E-state index contributed by atoms with van der Waals surface area (Å²) in [6.45, 7) is 2.31. The standard InChI is InChI=1S/C27H24N2O4/c1-27-23(16-8-4-3-5-9-16)20-15-33-22-13-12-17(32-2)14-19(22)24(20)29(27)25(30)18-10-6-7-11-21(18)28-26(27)31/h3-14,20,23-24H,15H2,1-2H3,(H,28,31)/t20?,23?,24?,27-/m1/s1. The molecule has 6 nitrogen and oxygen atoms in total. The van der Waals surface area contributed by atoms with Gasteiger partial charge >= 0.3 is 0 Å². The van der Waals surface area contributed by atoms with Gasteiger partial charge in [-0.05, 0) is 42.8 Å². The van der Waals surface area contributed by atoms with Crippen LogP contribution in [0.5, 0.6) is 11.5 Å². The molecule has 3 heterocycles. The second kappa shape index (κ2) is 7.10. The van der Waals surface area contributed by atoms with Gasteiger partial charge in [0.1, 0.15) is 17.0 Å². The third kappa shape index (κ3) is 2.67. The first-order valence-electron chi connectivity index (χ1n) is 11.1. The molecule has 0 saturated carbocycles. The number of para-hydroxylation sites is 1. The van der Waals surface area contributed by atoms with E-state index in [9.17, 15) is 9.59 Å². The smallest absolute Gasteiger partial charge is 0.257 e. The first-order valence-corrected chi connectivity index (χ1v) is 11.1. The number of benzene rings is 3. The summed E-state index contributed by atoms with van der Waals surface area (Å²) < 4.78 is 11.7. The van der Waals surface area contributed by atoms with Crippen molar-refractivity contribution in [2.45, 2.75) is 24.4 Å². The van der Waals surface area contributed by atoms with Crippen LogP contribution >= 0.6 is 0 Å². The number of carbonyl (C=O) groups excluding carboxylic acids is 2. The molecule has 0 bridgehead atoms. The molecule has 2 amide bonds. The number of nitrogens with one attached hydrogen (secondary N) is 1. The molecule has 1 fully saturated rings. The molecule has 166 valence electrons. The lowest BCUT2D eigenvalue weighted by Gasteiger charge is -2.38. The lowest BCUT2D eigenvalue weighted by atomic mass is 9.73. The van der Waals surface area contributed by atoms with Crippen molar-refractivity contribution in [1.29, 1.82) is 0 Å². The number of hydrogen-bond donors (Lipinski definition) is 1. The fourth-order valence-corrected chi connectivity index (χ4v) is 5.97. The van der Waals surface area contributed by atoms with E-state index >= 15 is 0 Å². The molecule has 0 aromatic heterocycles. The van der Waals surface area contributed by atoms with Crippen LogP contribution in [0.4, 0.5) is 5.69 Å². The maximum absolute atomic E-state index is 14.1. The minimum Gasteiger partial charge on any atom is -0.497 e. The zero-order valence-corrected chi connectivity index (χ0v) is 18.4. The van der Waals surface area contributed by atoms with Gasteiger partial charge in [0, 0.05) is 17.4 Å². The molecule has 4 atom stereocenters. The van der Waals surface area contributed by atoms with Crippen LogP contribution in [-0.4, -0.2) is 36.0 Å². The molecule has 3 aliphatic heterocycles. The Kier molecular flexibility index (Phi) is 4.27. The number of nitrogens with zero attached hydrogens (tertiary/aromatic N) is 1. The first kappa shape index (κ1) is 19.9. The SMILES string of the molecule is COc1ccc2c(c1)C1C(CO2)C(c2ccccc2)[C@]2(C)C(=O)Nc3ccccc3C(=O)N12. The van der Waals surface area contributed by atoms with Crippen LogP contribution in [0.2, 0.25) is 0 Å². The Morgan fingerprint density at radius 2 is 1.79 bits per heavy atom. The molecule has 0 aliphatic carbocycles. The monoisotopic (exact) mass is 440 g/mol. The van der Waals surface area contributed by atoms with E-state index in [4.69, 9.17) is 9.47 Å². The number of fused-ring (bicyclic) bond motifs is 6. The Balaban J connectivity index is 1.63. The molecular weight excluding hydrogens is 416 g/mol. The maximum Gasteiger partial charge on any atom is 0.257 e. The molecule has 3 aromatic rings. The zero-order chi connectivity index (χ0) is 22.7. The summed E-state index contributed by atoms with van der Waals surface area (Å²) >= 11 is 0. The molecule has 3 aromatic carbocycles. The van der Waals surface area contributed by atoms with Crippen LogP contribution in [0.15, 0.2) is 72.8 Å². The second-order valence-electron chi connectivity index (χ2n) is 9.03. The van der Waals surface area contributed by atoms with Crippen LogP contribution in [0.1, 0.15) is 40.4 Å². The second-order valence-corrected chi connectivity index (χ2v) is 9.03. The van der Waals surface area contributed by atoms with Crippen molar-refractivity contribution < 1.29 is 19.1 Å². The molecule has 6 heteroatoms. The summed E-state index contributed by atoms with van der Waals surface area (Å²) in [7, 11) is 1.62. The summed E-state index contributed by atoms with van der Waals surface area (Å²) in [6, 6.07) is 22.5. The summed E-state index contributed by atoms with van der Waals surface area (Å²) in [4.78, 5) is 29.8. The topological polar surface area (TPSA) is 67.9 Å². The molecular formula is C27H24N2O4. The molecule has 0 spiro atoms. The highest BCUT2D eigenvalue weighted by Crippen LogP contribution is 2.60. The molecule has 33 heavy (non-hydrogen) atoms. The third-order valence-corrected chi connectivity index (χ3v) is 7.43. The van der Waals surface area contributed by atoms with E-state index in [0.29, 0.717) is 23.6 Å². The van der Waals surface area contributed by atoms with E-state index < -0.39 is 5.54 Å². The van der Waals surface area contributed by atoms with Crippen LogP contribution in [0.25, 0.3) is 0 Å². The number of anilines is 1. The Morgan fingerprint density at radius 1 is 1.03 bits per heavy atom. The Morgan fingerprint density at radius 3 is 2.58 bits per heavy atom. The number of hydrogen-bond acceptors (Lipinski definition) is 4. The summed E-state index contributed by atoms with van der Waals surface area (Å²) in [5, 5.41) is 3.05. The zero-order valence-electron chi connectivity index (χ0n) is 18.4. The van der Waals surface area contributed by atoms with Gasteiger partial charge in [0.05, 0.1) is 31.0 Å². The van der Waals surface area contributed by atoms with E-state index in [1.807, 2.05) is 67.6 Å². The van der Waals surface area contributed by atoms with Crippen molar-refractivity contribution in [3.63, 3.8) is 0 Å². The van der Waals surface area contributed by atoms with Crippen molar-refractivity contribution in [1.82, 2.24) is 4.90 Å². The van der Waals surface area contributed by atoms with E-state index in [0.717, 1.165) is 16.9 Å². The number of amides is 2. The molecule has 6 rings (SSSR count). The first-order chi connectivity index (χ1) is 16.0. The summed E-state index contributed by atoms with van der Waals surface area (Å²) in [5.41, 5.74) is 1.82. The summed E-state index contributed by atoms with van der Waals surface area (Å²) in [6.07, 6.45) is 0. The van der Waals surface area contributed by atoms with Crippen molar-refractivity contribution in [3.8, 4) is 11.5 Å². The fraction of sp³-hybridized carbons (Fsp3) is 0.259. The number of ether oxygens (including phenoxy) is 2. The molecule has 0 radical (unpaired) electrons. The van der Waals surface area contributed by atoms with E-state index in [-0.39, 0.29) is 29.7 Å². The number of methoxy groups -OCH3 is 1. The minimum absolute atomic E-state index is 0.100. The number of rotatable bonds is 2. The van der Waals surface area contributed by atoms with Gasteiger partial charge in [-0.15, -0.1) is 0 Å². The van der Waals surface area contributed by atoms with Crippen LogP contribution in [-0.2, 0) is 4.79 Å². The predicted molar refractivity (Wildman–Crippen MR) is 124 cm³/mol. The molecule has 1 saturated heterocycles. The Labute approximate surface area is 192 Å². The normalized spacial score (nSPS) is 27.3. The van der Waals surface area contributed by atoms with Gasteiger partial charge in [-0.1, -0.05) is 42.5 Å². The predicted octanol–water partition coefficient (Wildman–Crippen LogP) is 4.40. The third-order valence-electron chi connectivity index (χ3n) is 7.43. The van der Waals surface area contributed by atoms with Crippen molar-refractivity contribution >= 4 is 17.5 Å². The van der Waals surface area contributed by atoms with Gasteiger partial charge in [-0.3, -0.25) is 9.59 Å². The quantitative estimate of drug-likeness (QED) is 0.642. The maximum atomic E-state index is 14.1. The molecule has 3 unspecified atom stereocenters. The van der Waals surface area contributed by atoms with Gasteiger partial charge in [-0.2, -0.15) is 0 Å². The fourth-order valence-electron chi connectivity index (χ4n) is 5.97. The van der Waals surface area contributed by atoms with Crippen molar-refractivity contribution in [2.24, 2.45) is 5.92 Å². The minimum atomic E-state index is -1.11. The van der Waals surface area contributed by atoms with E-state index in [1.165, 1.54) is 0 Å². The van der Waals surface area contributed by atoms with Crippen molar-refractivity contribution in [3.05, 3.63) is 89.5 Å². The van der Waals surface area contributed by atoms with Gasteiger partial charge in [0.15, 0.2) is 0 Å². The highest BCUT2D eigenvalue weighted by atomic mass is 16.5. The van der Waals surface area contributed by atoms with Crippen LogP contribution in [0, 0.1) is 5.92 Å². The van der Waals surface area contributed by atoms with E-state index in [1.54, 1.807) is 24.1 Å². The highest BCUT2D eigenvalue weighted by molar-refractivity contribution is 6.12. The molecule has 1 N–H and O–H groups in total. The lowest BCUT2D eigenvalue weighted by Crippen LogP contribution is -2.54. The van der Waals surface area contributed by atoms with Crippen molar-refractivity contribution in [2.75, 3.05) is 19.0 Å². The van der Waals surface area contributed by atoms with Gasteiger partial charge in [0.25, 0.3) is 11.8 Å². The Hall–Kier alpha value is -3.80. The average molecular weight is 440 g/mol. The van der Waals surface area contributed by atoms with Crippen LogP contribution < -0.4 is 14.8 Å². The van der Waals surface area contributed by atoms with E-state index in [2.05, 4.69) is 5.32 Å². The highest BCUT2D eigenvalue weighted by Gasteiger charge is 2.65. The number of carbonyl (C=O) groups is 2. The average Bonchev–Trinajstić information content (AvgIpc) is 3.09. The Bertz CT molecular complexity index is 1270. The van der Waals surface area contributed by atoms with Gasteiger partial charge in [0.2, 0.25) is 0 Å². The summed E-state index contributed by atoms with van der Waals surface area (Å²) in [5.74, 6) is 0.719. The molecule has 3 aliphatic rings. The lowest BCUT2D eigenvalue weighted by molar-refractivity contribution is -0.125. The largest absolute Gasteiger partial charge is 0.497 e.